The van der Waals surface area contributed by atoms with E-state index >= 15 is 0 Å². The van der Waals surface area contributed by atoms with Gasteiger partial charge in [0, 0.05) is 19.2 Å². The first-order valence-corrected chi connectivity index (χ1v) is 6.79. The van der Waals surface area contributed by atoms with Crippen LogP contribution in [0.4, 0.5) is 4.39 Å². The van der Waals surface area contributed by atoms with Crippen LogP contribution in [0.25, 0.3) is 10.8 Å². The molecule has 0 unspecified atom stereocenters. The molecule has 2 aromatic rings. The van der Waals surface area contributed by atoms with E-state index in [2.05, 4.69) is 0 Å². The predicted molar refractivity (Wildman–Crippen MR) is 75.0 cm³/mol. The Balaban J connectivity index is 1.90. The van der Waals surface area contributed by atoms with E-state index in [0.29, 0.717) is 37.0 Å². The fraction of sp³-hybridized carbons (Fsp3) is 0.400. The third-order valence-corrected chi connectivity index (χ3v) is 3.55. The predicted octanol–water partition coefficient (Wildman–Crippen LogP) is 1.91. The van der Waals surface area contributed by atoms with Crippen LogP contribution in [0.1, 0.15) is 6.42 Å². The van der Waals surface area contributed by atoms with Gasteiger partial charge in [0.05, 0.1) is 25.7 Å². The molecule has 1 aromatic heterocycles. The van der Waals surface area contributed by atoms with Gasteiger partial charge in [0.15, 0.2) is 17.9 Å². The first-order chi connectivity index (χ1) is 10.2. The number of nitrogens with zero attached hydrogens (tertiary/aromatic N) is 1. The van der Waals surface area contributed by atoms with Crippen molar-refractivity contribution in [1.82, 2.24) is 4.57 Å². The summed E-state index contributed by atoms with van der Waals surface area (Å²) in [5.41, 5.74) is -0.230. The number of halogens is 1. The molecule has 0 N–H and O–H groups in total. The lowest BCUT2D eigenvalue weighted by Crippen LogP contribution is -2.22. The van der Waals surface area contributed by atoms with Crippen molar-refractivity contribution in [2.45, 2.75) is 19.3 Å². The molecule has 1 fully saturated rings. The van der Waals surface area contributed by atoms with Gasteiger partial charge in [-0.15, -0.1) is 0 Å². The Morgan fingerprint density at radius 1 is 1.38 bits per heavy atom. The van der Waals surface area contributed by atoms with Gasteiger partial charge >= 0.3 is 0 Å². The van der Waals surface area contributed by atoms with E-state index in [-0.39, 0.29) is 17.6 Å². The molecule has 21 heavy (non-hydrogen) atoms. The fourth-order valence-electron chi connectivity index (χ4n) is 2.44. The lowest BCUT2D eigenvalue weighted by atomic mass is 10.1. The summed E-state index contributed by atoms with van der Waals surface area (Å²) in [5, 5.41) is 0.993. The van der Waals surface area contributed by atoms with Crippen LogP contribution in [0, 0.1) is 5.82 Å². The Labute approximate surface area is 120 Å². The molecule has 2 heterocycles. The number of pyridine rings is 1. The first kappa shape index (κ1) is 14.0. The summed E-state index contributed by atoms with van der Waals surface area (Å²) in [7, 11) is 1.40. The van der Waals surface area contributed by atoms with E-state index in [1.54, 1.807) is 16.8 Å². The quantitative estimate of drug-likeness (QED) is 0.864. The minimum atomic E-state index is -0.540. The molecule has 1 aliphatic rings. The Morgan fingerprint density at radius 3 is 2.86 bits per heavy atom. The molecule has 1 aromatic carbocycles. The third-order valence-electron chi connectivity index (χ3n) is 3.55. The average Bonchev–Trinajstić information content (AvgIpc) is 3.00. The van der Waals surface area contributed by atoms with Crippen LogP contribution in [0.5, 0.6) is 5.75 Å². The third kappa shape index (κ3) is 2.77. The van der Waals surface area contributed by atoms with Gasteiger partial charge in [-0.1, -0.05) is 0 Å². The van der Waals surface area contributed by atoms with Crippen LogP contribution in [0.15, 0.2) is 29.2 Å². The zero-order chi connectivity index (χ0) is 14.8. The molecule has 1 saturated heterocycles. The zero-order valence-electron chi connectivity index (χ0n) is 11.7. The van der Waals surface area contributed by atoms with Crippen LogP contribution >= 0.6 is 0 Å². The number of hydrogen-bond donors (Lipinski definition) is 0. The minimum absolute atomic E-state index is 0.132. The summed E-state index contributed by atoms with van der Waals surface area (Å²) in [6.45, 7) is 1.64. The molecule has 112 valence electrons. The second-order valence-corrected chi connectivity index (χ2v) is 4.85. The summed E-state index contributed by atoms with van der Waals surface area (Å²) < 4.78 is 30.9. The minimum Gasteiger partial charge on any atom is -0.494 e. The van der Waals surface area contributed by atoms with Crippen LogP contribution < -0.4 is 10.3 Å². The Hall–Kier alpha value is -1.92. The number of hydrogen-bond acceptors (Lipinski definition) is 4. The number of benzene rings is 1. The van der Waals surface area contributed by atoms with Gasteiger partial charge in [-0.3, -0.25) is 4.79 Å². The summed E-state index contributed by atoms with van der Waals surface area (Å²) in [5.74, 6) is -0.408. The van der Waals surface area contributed by atoms with Crippen molar-refractivity contribution in [1.29, 1.82) is 0 Å². The molecular weight excluding hydrogens is 277 g/mol. The van der Waals surface area contributed by atoms with Crippen molar-refractivity contribution in [3.05, 3.63) is 40.6 Å². The highest BCUT2D eigenvalue weighted by molar-refractivity contribution is 5.83. The molecule has 0 spiro atoms. The molecule has 5 nitrogen and oxygen atoms in total. The molecule has 6 heteroatoms. The summed E-state index contributed by atoms with van der Waals surface area (Å²) in [6.07, 6.45) is 2.02. The highest BCUT2D eigenvalue weighted by atomic mass is 19.1. The Kier molecular flexibility index (Phi) is 3.90. The Bertz CT molecular complexity index is 707. The standard InChI is InChI=1S/C15H16FNO4/c1-19-13-8-10-2-4-17(5-3-14-20-6-7-21-14)15(18)11(10)9-12(13)16/h2,4,8-9,14H,3,5-7H2,1H3. The first-order valence-electron chi connectivity index (χ1n) is 6.79. The van der Waals surface area contributed by atoms with Gasteiger partial charge in [0.2, 0.25) is 0 Å². The van der Waals surface area contributed by atoms with Gasteiger partial charge in [0.1, 0.15) is 0 Å². The topological polar surface area (TPSA) is 49.7 Å². The van der Waals surface area contributed by atoms with E-state index in [1.807, 2.05) is 0 Å². The van der Waals surface area contributed by atoms with E-state index in [1.165, 1.54) is 19.2 Å². The number of ether oxygens (including phenoxy) is 3. The number of aryl methyl sites for hydroxylation is 1. The number of aromatic nitrogens is 1. The van der Waals surface area contributed by atoms with Gasteiger partial charge in [0.25, 0.3) is 5.56 Å². The smallest absolute Gasteiger partial charge is 0.258 e. The van der Waals surface area contributed by atoms with Crippen molar-refractivity contribution in [3.63, 3.8) is 0 Å². The maximum Gasteiger partial charge on any atom is 0.258 e. The lowest BCUT2D eigenvalue weighted by Gasteiger charge is -2.11. The molecule has 0 aliphatic carbocycles. The molecule has 0 saturated carbocycles. The van der Waals surface area contributed by atoms with Crippen molar-refractivity contribution in [3.8, 4) is 5.75 Å². The summed E-state index contributed by atoms with van der Waals surface area (Å²) in [4.78, 5) is 12.4. The van der Waals surface area contributed by atoms with Crippen molar-refractivity contribution in [2.24, 2.45) is 0 Å². The van der Waals surface area contributed by atoms with Gasteiger partial charge < -0.3 is 18.8 Å². The number of rotatable bonds is 4. The lowest BCUT2D eigenvalue weighted by molar-refractivity contribution is -0.0491. The van der Waals surface area contributed by atoms with Crippen LogP contribution in [0.2, 0.25) is 0 Å². The molecule has 0 radical (unpaired) electrons. The monoisotopic (exact) mass is 293 g/mol. The maximum absolute atomic E-state index is 13.7. The van der Waals surface area contributed by atoms with Gasteiger partial charge in [-0.25, -0.2) is 4.39 Å². The van der Waals surface area contributed by atoms with E-state index in [4.69, 9.17) is 14.2 Å². The maximum atomic E-state index is 13.7. The molecule has 0 amide bonds. The van der Waals surface area contributed by atoms with E-state index in [9.17, 15) is 9.18 Å². The molecule has 0 bridgehead atoms. The molecule has 3 rings (SSSR count). The highest BCUT2D eigenvalue weighted by Crippen LogP contribution is 2.22. The fourth-order valence-corrected chi connectivity index (χ4v) is 2.44. The largest absolute Gasteiger partial charge is 0.494 e. The molecule has 0 atom stereocenters. The van der Waals surface area contributed by atoms with Crippen molar-refractivity contribution >= 4 is 10.8 Å². The zero-order valence-corrected chi connectivity index (χ0v) is 11.7. The average molecular weight is 293 g/mol. The van der Waals surface area contributed by atoms with Gasteiger partial charge in [-0.2, -0.15) is 0 Å². The molecular formula is C15H16FNO4. The summed E-state index contributed by atoms with van der Waals surface area (Å²) in [6, 6.07) is 4.52. The van der Waals surface area contributed by atoms with Crippen LogP contribution in [-0.2, 0) is 16.0 Å². The van der Waals surface area contributed by atoms with E-state index < -0.39 is 5.82 Å². The SMILES string of the molecule is COc1cc2ccn(CCC3OCCO3)c(=O)c2cc1F. The van der Waals surface area contributed by atoms with Crippen LogP contribution in [-0.4, -0.2) is 31.2 Å². The normalized spacial score (nSPS) is 15.7. The van der Waals surface area contributed by atoms with Crippen molar-refractivity contribution < 1.29 is 18.6 Å². The second kappa shape index (κ2) is 5.83. The van der Waals surface area contributed by atoms with Gasteiger partial charge in [-0.05, 0) is 23.6 Å². The second-order valence-electron chi connectivity index (χ2n) is 4.85. The van der Waals surface area contributed by atoms with Crippen molar-refractivity contribution in [2.75, 3.05) is 20.3 Å². The highest BCUT2D eigenvalue weighted by Gasteiger charge is 2.16. The van der Waals surface area contributed by atoms with Crippen LogP contribution in [0.3, 0.4) is 0 Å². The molecule has 1 aliphatic heterocycles. The summed E-state index contributed by atoms with van der Waals surface area (Å²) >= 11 is 0. The number of methoxy groups -OCH3 is 1. The van der Waals surface area contributed by atoms with E-state index in [0.717, 1.165) is 0 Å². The Morgan fingerprint density at radius 2 is 2.14 bits per heavy atom. The number of fused-ring (bicyclic) bond motifs is 1.